The topological polar surface area (TPSA) is 37.6 Å². The fourth-order valence-corrected chi connectivity index (χ4v) is 4.81. The summed E-state index contributed by atoms with van der Waals surface area (Å²) >= 11 is 8.20. The van der Waals surface area contributed by atoms with Crippen LogP contribution in [0.4, 0.5) is 10.1 Å². The molecule has 8 heteroatoms. The van der Waals surface area contributed by atoms with Crippen molar-refractivity contribution in [2.24, 2.45) is 0 Å². The quantitative estimate of drug-likeness (QED) is 0.476. The van der Waals surface area contributed by atoms with E-state index in [1.807, 2.05) is 30.5 Å². The summed E-state index contributed by atoms with van der Waals surface area (Å²) in [4.78, 5) is 21.4. The van der Waals surface area contributed by atoms with E-state index in [0.717, 1.165) is 21.2 Å². The Hall–Kier alpha value is -2.03. The smallest absolute Gasteiger partial charge is 0.270 e. The third-order valence-corrected chi connectivity index (χ3v) is 6.01. The molecule has 126 valence electrons. The van der Waals surface area contributed by atoms with Gasteiger partial charge < -0.3 is 0 Å². The maximum absolute atomic E-state index is 13.1. The Morgan fingerprint density at radius 2 is 1.96 bits per heavy atom. The first-order valence-electron chi connectivity index (χ1n) is 7.42. The molecular weight excluding hydrogens is 377 g/mol. The molecule has 0 aliphatic carbocycles. The Morgan fingerprint density at radius 1 is 1.24 bits per heavy atom. The van der Waals surface area contributed by atoms with Gasteiger partial charge in [0.05, 0.1) is 22.0 Å². The van der Waals surface area contributed by atoms with Crippen LogP contribution in [0.5, 0.6) is 0 Å². The number of benzene rings is 1. The molecular formula is C17H12FN3OS3. The van der Waals surface area contributed by atoms with E-state index in [-0.39, 0.29) is 11.7 Å². The molecule has 25 heavy (non-hydrogen) atoms. The van der Waals surface area contributed by atoms with Crippen molar-refractivity contribution in [3.8, 4) is 0 Å². The van der Waals surface area contributed by atoms with Crippen LogP contribution in [0.2, 0.25) is 0 Å². The van der Waals surface area contributed by atoms with Crippen LogP contribution >= 0.6 is 35.3 Å². The molecule has 1 aliphatic rings. The van der Waals surface area contributed by atoms with Crippen LogP contribution in [0, 0.1) is 19.7 Å². The van der Waals surface area contributed by atoms with Gasteiger partial charge in [0.2, 0.25) is 0 Å². The molecule has 1 fully saturated rings. The summed E-state index contributed by atoms with van der Waals surface area (Å²) in [6.07, 6.45) is 3.83. The van der Waals surface area contributed by atoms with E-state index in [1.165, 1.54) is 28.8 Å². The summed E-state index contributed by atoms with van der Waals surface area (Å²) in [5, 5.41) is 0. The predicted octanol–water partition coefficient (Wildman–Crippen LogP) is 4.56. The Morgan fingerprint density at radius 3 is 2.68 bits per heavy atom. The van der Waals surface area contributed by atoms with Crippen LogP contribution in [0.1, 0.15) is 16.3 Å². The van der Waals surface area contributed by atoms with Gasteiger partial charge in [-0.1, -0.05) is 24.0 Å². The molecule has 1 aromatic carbocycles. The second-order valence-corrected chi connectivity index (χ2v) is 8.46. The van der Waals surface area contributed by atoms with E-state index in [1.54, 1.807) is 23.5 Å². The third-order valence-electron chi connectivity index (χ3n) is 3.81. The lowest BCUT2D eigenvalue weighted by atomic mass is 10.2. The molecule has 0 atom stereocenters. The van der Waals surface area contributed by atoms with Crippen LogP contribution in [0.25, 0.3) is 11.0 Å². The lowest BCUT2D eigenvalue weighted by Crippen LogP contribution is -2.27. The number of hydrogen-bond acceptors (Lipinski definition) is 5. The first-order valence-corrected chi connectivity index (χ1v) is 9.47. The SMILES string of the molecule is Cc1cn2c(/C=C3\SC(=S)N(c4ccc(F)cc4)C3=O)c(C)nc2s1. The Balaban J connectivity index is 1.75. The Labute approximate surface area is 157 Å². The zero-order valence-electron chi connectivity index (χ0n) is 13.3. The number of thiazole rings is 1. The van der Waals surface area contributed by atoms with Crippen LogP contribution in [0.15, 0.2) is 35.4 Å². The second kappa shape index (κ2) is 6.05. The highest BCUT2D eigenvalue weighted by Crippen LogP contribution is 2.36. The zero-order valence-corrected chi connectivity index (χ0v) is 15.8. The molecule has 0 radical (unpaired) electrons. The highest BCUT2D eigenvalue weighted by Gasteiger charge is 2.33. The van der Waals surface area contributed by atoms with Gasteiger partial charge in [-0.2, -0.15) is 0 Å². The summed E-state index contributed by atoms with van der Waals surface area (Å²) in [7, 11) is 0. The van der Waals surface area contributed by atoms with Crippen LogP contribution in [0.3, 0.4) is 0 Å². The average Bonchev–Trinajstić information content (AvgIpc) is 3.14. The highest BCUT2D eigenvalue weighted by atomic mass is 32.2. The number of hydrogen-bond donors (Lipinski definition) is 0. The van der Waals surface area contributed by atoms with Crippen LogP contribution in [-0.4, -0.2) is 19.6 Å². The number of carbonyl (C=O) groups excluding carboxylic acids is 1. The van der Waals surface area contributed by atoms with Gasteiger partial charge in [0.25, 0.3) is 5.91 Å². The van der Waals surface area contributed by atoms with Crippen molar-refractivity contribution in [1.82, 2.24) is 9.38 Å². The molecule has 1 saturated heterocycles. The normalized spacial score (nSPS) is 16.6. The lowest BCUT2D eigenvalue weighted by Gasteiger charge is -2.14. The molecule has 0 unspecified atom stereocenters. The monoisotopic (exact) mass is 389 g/mol. The van der Waals surface area contributed by atoms with Crippen molar-refractivity contribution in [3.05, 3.63) is 57.4 Å². The molecule has 0 saturated carbocycles. The van der Waals surface area contributed by atoms with Crippen molar-refractivity contribution < 1.29 is 9.18 Å². The van der Waals surface area contributed by atoms with Gasteiger partial charge >= 0.3 is 0 Å². The average molecular weight is 390 g/mol. The minimum atomic E-state index is -0.352. The summed E-state index contributed by atoms with van der Waals surface area (Å²) in [5.41, 5.74) is 2.30. The number of fused-ring (bicyclic) bond motifs is 1. The van der Waals surface area contributed by atoms with Crippen LogP contribution in [-0.2, 0) is 4.79 Å². The molecule has 3 heterocycles. The number of aryl methyl sites for hydroxylation is 2. The maximum atomic E-state index is 13.1. The Kier molecular flexibility index (Phi) is 3.98. The molecule has 3 aromatic rings. The van der Waals surface area contributed by atoms with E-state index in [2.05, 4.69) is 4.98 Å². The van der Waals surface area contributed by atoms with Crippen molar-refractivity contribution in [3.63, 3.8) is 0 Å². The van der Waals surface area contributed by atoms with E-state index < -0.39 is 0 Å². The van der Waals surface area contributed by atoms with E-state index in [0.29, 0.717) is 14.9 Å². The largest absolute Gasteiger partial charge is 0.290 e. The summed E-state index contributed by atoms with van der Waals surface area (Å²) in [6, 6.07) is 5.73. The molecule has 2 aromatic heterocycles. The third kappa shape index (κ3) is 2.80. The zero-order chi connectivity index (χ0) is 17.7. The first-order chi connectivity index (χ1) is 11.9. The number of aromatic nitrogens is 2. The predicted molar refractivity (Wildman–Crippen MR) is 105 cm³/mol. The van der Waals surface area contributed by atoms with Crippen molar-refractivity contribution in [1.29, 1.82) is 0 Å². The molecule has 4 nitrogen and oxygen atoms in total. The minimum Gasteiger partial charge on any atom is -0.290 e. The summed E-state index contributed by atoms with van der Waals surface area (Å²) < 4.78 is 15.5. The number of thiocarbonyl (C=S) groups is 1. The number of amides is 1. The van der Waals surface area contributed by atoms with Gasteiger partial charge in [-0.15, -0.1) is 11.3 Å². The molecule has 1 amide bonds. The Bertz CT molecular complexity index is 1050. The minimum absolute atomic E-state index is 0.206. The van der Waals surface area contributed by atoms with Gasteiger partial charge in [0.1, 0.15) is 5.82 Å². The summed E-state index contributed by atoms with van der Waals surface area (Å²) in [6.45, 7) is 3.94. The number of carbonyl (C=O) groups is 1. The van der Waals surface area contributed by atoms with Gasteiger partial charge in [0.15, 0.2) is 9.28 Å². The summed E-state index contributed by atoms with van der Waals surface area (Å²) in [5.74, 6) is -0.558. The molecule has 0 bridgehead atoms. The number of imidazole rings is 1. The van der Waals surface area contributed by atoms with E-state index >= 15 is 0 Å². The molecule has 4 rings (SSSR count). The first kappa shape index (κ1) is 16.4. The fraction of sp³-hybridized carbons (Fsp3) is 0.118. The van der Waals surface area contributed by atoms with Gasteiger partial charge in [-0.05, 0) is 44.2 Å². The van der Waals surface area contributed by atoms with Crippen LogP contribution < -0.4 is 4.90 Å². The number of halogens is 1. The maximum Gasteiger partial charge on any atom is 0.270 e. The molecule has 0 spiro atoms. The number of anilines is 1. The number of nitrogens with zero attached hydrogens (tertiary/aromatic N) is 3. The van der Waals surface area contributed by atoms with Gasteiger partial charge in [-0.3, -0.25) is 14.1 Å². The second-order valence-electron chi connectivity index (χ2n) is 5.57. The van der Waals surface area contributed by atoms with Gasteiger partial charge in [0, 0.05) is 11.1 Å². The molecule has 1 aliphatic heterocycles. The highest BCUT2D eigenvalue weighted by molar-refractivity contribution is 8.27. The number of thioether (sulfide) groups is 1. The lowest BCUT2D eigenvalue weighted by molar-refractivity contribution is -0.113. The number of rotatable bonds is 2. The van der Waals surface area contributed by atoms with Gasteiger partial charge in [-0.25, -0.2) is 9.37 Å². The standard InChI is InChI=1S/C17H12FN3OS3/c1-9-8-20-13(10(2)19-16(20)24-9)7-14-15(22)21(17(23)25-14)12-5-3-11(18)4-6-12/h3-8H,1-2H3/b14-7-. The van der Waals surface area contributed by atoms with E-state index in [9.17, 15) is 9.18 Å². The van der Waals surface area contributed by atoms with Crippen molar-refractivity contribution in [2.45, 2.75) is 13.8 Å². The molecule has 0 N–H and O–H groups in total. The van der Waals surface area contributed by atoms with Crippen molar-refractivity contribution in [2.75, 3.05) is 4.90 Å². The van der Waals surface area contributed by atoms with E-state index in [4.69, 9.17) is 12.2 Å². The fourth-order valence-electron chi connectivity index (χ4n) is 2.66. The van der Waals surface area contributed by atoms with Crippen molar-refractivity contribution >= 4 is 62.3 Å².